The number of nitrogens with zero attached hydrogens (tertiary/aromatic N) is 1. The van der Waals surface area contributed by atoms with Crippen LogP contribution in [0.1, 0.15) is 19.3 Å². The van der Waals surface area contributed by atoms with Crippen molar-refractivity contribution < 1.29 is 0 Å². The van der Waals surface area contributed by atoms with E-state index in [4.69, 9.17) is 23.1 Å². The lowest BCUT2D eigenvalue weighted by Gasteiger charge is -2.21. The molecule has 0 aromatic heterocycles. The van der Waals surface area contributed by atoms with Crippen molar-refractivity contribution in [3.05, 3.63) is 17.2 Å². The van der Waals surface area contributed by atoms with Crippen molar-refractivity contribution >= 4 is 28.7 Å². The normalized spacial score (nSPS) is 21.7. The zero-order valence-electron chi connectivity index (χ0n) is 9.17. The van der Waals surface area contributed by atoms with Gasteiger partial charge in [0.1, 0.15) is 0 Å². The van der Waals surface area contributed by atoms with Crippen LogP contribution in [-0.4, -0.2) is 13.1 Å². The first kappa shape index (κ1) is 10.1. The Morgan fingerprint density at radius 3 is 2.44 bits per heavy atom. The van der Waals surface area contributed by atoms with Crippen LogP contribution in [0.5, 0.6) is 0 Å². The summed E-state index contributed by atoms with van der Waals surface area (Å²) in [5.41, 5.74) is 14.4. The summed E-state index contributed by atoms with van der Waals surface area (Å²) >= 11 is 6.22. The zero-order valence-corrected chi connectivity index (χ0v) is 9.93. The maximum atomic E-state index is 6.22. The van der Waals surface area contributed by atoms with Crippen LogP contribution in [0.2, 0.25) is 5.02 Å². The lowest BCUT2D eigenvalue weighted by atomic mass is 10.1. The molecule has 3 rings (SSSR count). The van der Waals surface area contributed by atoms with Gasteiger partial charge in [0, 0.05) is 13.1 Å². The molecule has 1 aromatic rings. The van der Waals surface area contributed by atoms with E-state index >= 15 is 0 Å². The number of benzene rings is 1. The molecule has 1 aliphatic heterocycles. The fourth-order valence-corrected chi connectivity index (χ4v) is 2.85. The molecule has 16 heavy (non-hydrogen) atoms. The second kappa shape index (κ2) is 3.20. The van der Waals surface area contributed by atoms with Crippen molar-refractivity contribution in [2.45, 2.75) is 19.3 Å². The Labute approximate surface area is 100 Å². The van der Waals surface area contributed by atoms with E-state index in [0.29, 0.717) is 21.8 Å². The number of nitrogens with two attached hydrogens (primary N) is 2. The third-order valence-electron chi connectivity index (χ3n) is 3.89. The fraction of sp³-hybridized carbons (Fsp3) is 0.500. The number of hydrogen-bond donors (Lipinski definition) is 2. The lowest BCUT2D eigenvalue weighted by molar-refractivity contribution is 0.581. The molecule has 2 aliphatic rings. The van der Waals surface area contributed by atoms with Gasteiger partial charge in [-0.2, -0.15) is 0 Å². The molecule has 1 heterocycles. The number of hydrogen-bond acceptors (Lipinski definition) is 3. The van der Waals surface area contributed by atoms with Gasteiger partial charge in [0.25, 0.3) is 0 Å². The zero-order chi connectivity index (χ0) is 11.3. The molecule has 1 aliphatic carbocycles. The molecule has 4 N–H and O–H groups in total. The summed E-state index contributed by atoms with van der Waals surface area (Å²) in [7, 11) is 0. The fourth-order valence-electron chi connectivity index (χ4n) is 2.56. The first-order valence-electron chi connectivity index (χ1n) is 5.69. The minimum atomic E-state index is 0.564. The molecule has 1 spiro atoms. The monoisotopic (exact) mass is 237 g/mol. The van der Waals surface area contributed by atoms with Crippen LogP contribution in [0, 0.1) is 5.41 Å². The second-order valence-corrected chi connectivity index (χ2v) is 5.51. The Hall–Kier alpha value is -1.09. The van der Waals surface area contributed by atoms with Crippen LogP contribution in [0.4, 0.5) is 17.1 Å². The molecule has 0 atom stereocenters. The molecule has 2 fully saturated rings. The second-order valence-electron chi connectivity index (χ2n) is 5.10. The number of nitrogen functional groups attached to an aromatic ring is 2. The lowest BCUT2D eigenvalue weighted by Crippen LogP contribution is -2.20. The van der Waals surface area contributed by atoms with E-state index in [9.17, 15) is 0 Å². The summed E-state index contributed by atoms with van der Waals surface area (Å²) in [6.45, 7) is 2.21. The van der Waals surface area contributed by atoms with Gasteiger partial charge in [-0.3, -0.25) is 0 Å². The van der Waals surface area contributed by atoms with Gasteiger partial charge in [0.15, 0.2) is 0 Å². The number of halogens is 1. The molecule has 4 heteroatoms. The Kier molecular flexibility index (Phi) is 2.02. The van der Waals surface area contributed by atoms with E-state index in [-0.39, 0.29) is 0 Å². The highest BCUT2D eigenvalue weighted by molar-refractivity contribution is 6.33. The maximum Gasteiger partial charge on any atom is 0.0661 e. The Morgan fingerprint density at radius 1 is 1.12 bits per heavy atom. The van der Waals surface area contributed by atoms with E-state index in [1.54, 1.807) is 6.07 Å². The van der Waals surface area contributed by atoms with Gasteiger partial charge in [-0.15, -0.1) is 0 Å². The predicted molar refractivity (Wildman–Crippen MR) is 68.8 cm³/mol. The van der Waals surface area contributed by atoms with E-state index in [0.717, 1.165) is 18.8 Å². The molecular formula is C12H16ClN3. The van der Waals surface area contributed by atoms with Crippen molar-refractivity contribution in [2.24, 2.45) is 5.41 Å². The SMILES string of the molecule is Nc1cc(Cl)c(N2CCC3(CC3)C2)cc1N. The highest BCUT2D eigenvalue weighted by atomic mass is 35.5. The third-order valence-corrected chi connectivity index (χ3v) is 4.19. The molecule has 0 amide bonds. The highest BCUT2D eigenvalue weighted by Crippen LogP contribution is 2.54. The van der Waals surface area contributed by atoms with Crippen LogP contribution >= 0.6 is 11.6 Å². The molecule has 0 radical (unpaired) electrons. The first-order valence-corrected chi connectivity index (χ1v) is 6.07. The van der Waals surface area contributed by atoms with Gasteiger partial charge < -0.3 is 16.4 Å². The summed E-state index contributed by atoms with van der Waals surface area (Å²) in [5, 5.41) is 0.712. The summed E-state index contributed by atoms with van der Waals surface area (Å²) in [5.74, 6) is 0. The van der Waals surface area contributed by atoms with E-state index in [2.05, 4.69) is 4.90 Å². The minimum Gasteiger partial charge on any atom is -0.397 e. The summed E-state index contributed by atoms with van der Waals surface area (Å²) in [4.78, 5) is 2.34. The smallest absolute Gasteiger partial charge is 0.0661 e. The van der Waals surface area contributed by atoms with Crippen molar-refractivity contribution in [3.8, 4) is 0 Å². The standard InChI is InChI=1S/C12H16ClN3/c13-8-5-9(14)10(15)6-11(8)16-4-3-12(7-16)1-2-12/h5-6H,1-4,7,14-15H2. The summed E-state index contributed by atoms with van der Waals surface area (Å²) in [6, 6.07) is 3.66. The summed E-state index contributed by atoms with van der Waals surface area (Å²) in [6.07, 6.45) is 4.02. The van der Waals surface area contributed by atoms with E-state index in [1.807, 2.05) is 6.07 Å². The van der Waals surface area contributed by atoms with Crippen LogP contribution < -0.4 is 16.4 Å². The van der Waals surface area contributed by atoms with Crippen LogP contribution in [0.15, 0.2) is 12.1 Å². The quantitative estimate of drug-likeness (QED) is 0.738. The molecular weight excluding hydrogens is 222 g/mol. The molecule has 86 valence electrons. The van der Waals surface area contributed by atoms with E-state index < -0.39 is 0 Å². The van der Waals surface area contributed by atoms with Crippen LogP contribution in [0.25, 0.3) is 0 Å². The van der Waals surface area contributed by atoms with Crippen molar-refractivity contribution in [3.63, 3.8) is 0 Å². The Bertz CT molecular complexity index is 440. The first-order chi connectivity index (χ1) is 7.60. The van der Waals surface area contributed by atoms with Crippen LogP contribution in [0.3, 0.4) is 0 Å². The van der Waals surface area contributed by atoms with Gasteiger partial charge in [-0.25, -0.2) is 0 Å². The Morgan fingerprint density at radius 2 is 1.81 bits per heavy atom. The van der Waals surface area contributed by atoms with Gasteiger partial charge in [-0.1, -0.05) is 11.6 Å². The van der Waals surface area contributed by atoms with Crippen LogP contribution in [-0.2, 0) is 0 Å². The van der Waals surface area contributed by atoms with Gasteiger partial charge in [0.2, 0.25) is 0 Å². The van der Waals surface area contributed by atoms with Gasteiger partial charge in [0.05, 0.1) is 22.1 Å². The molecule has 0 bridgehead atoms. The molecule has 1 saturated carbocycles. The van der Waals surface area contributed by atoms with Gasteiger partial charge >= 0.3 is 0 Å². The highest BCUT2D eigenvalue weighted by Gasteiger charge is 2.47. The topological polar surface area (TPSA) is 55.3 Å². The average molecular weight is 238 g/mol. The molecule has 1 aromatic carbocycles. The van der Waals surface area contributed by atoms with E-state index in [1.165, 1.54) is 19.3 Å². The third kappa shape index (κ3) is 1.50. The predicted octanol–water partition coefficient (Wildman–Crippen LogP) is 2.49. The molecule has 3 nitrogen and oxygen atoms in total. The maximum absolute atomic E-state index is 6.22. The van der Waals surface area contributed by atoms with Gasteiger partial charge in [-0.05, 0) is 36.8 Å². The molecule has 1 saturated heterocycles. The minimum absolute atomic E-state index is 0.564. The molecule has 0 unspecified atom stereocenters. The largest absolute Gasteiger partial charge is 0.397 e. The Balaban J connectivity index is 1.91. The number of rotatable bonds is 1. The average Bonchev–Trinajstić information content (AvgIpc) is 2.84. The summed E-state index contributed by atoms with van der Waals surface area (Å²) < 4.78 is 0. The van der Waals surface area contributed by atoms with Crippen molar-refractivity contribution in [1.29, 1.82) is 0 Å². The number of anilines is 3. The van der Waals surface area contributed by atoms with Crippen molar-refractivity contribution in [2.75, 3.05) is 29.5 Å². The van der Waals surface area contributed by atoms with Crippen molar-refractivity contribution in [1.82, 2.24) is 0 Å².